The van der Waals surface area contributed by atoms with Crippen molar-refractivity contribution in [1.29, 1.82) is 0 Å². The molecule has 1 nitrogen and oxygen atoms in total. The maximum atomic E-state index is 5.83. The normalized spacial score (nSPS) is 11.9. The zero-order chi connectivity index (χ0) is 13.7. The largest absolute Gasteiger partial charge is 0.457 e. The highest BCUT2D eigenvalue weighted by Crippen LogP contribution is 2.28. The third-order valence-corrected chi connectivity index (χ3v) is 3.27. The van der Waals surface area contributed by atoms with Crippen molar-refractivity contribution in [3.05, 3.63) is 72.3 Å². The predicted octanol–water partition coefficient (Wildman–Crippen LogP) is 5.47. The summed E-state index contributed by atoms with van der Waals surface area (Å²) in [5, 5.41) is 0. The second-order valence-electron chi connectivity index (χ2n) is 4.86. The van der Waals surface area contributed by atoms with E-state index in [0.29, 0.717) is 5.92 Å². The van der Waals surface area contributed by atoms with Gasteiger partial charge in [-0.3, -0.25) is 0 Å². The van der Waals surface area contributed by atoms with Gasteiger partial charge in [0.1, 0.15) is 11.5 Å². The molecule has 2 aromatic rings. The van der Waals surface area contributed by atoms with Gasteiger partial charge in [0.2, 0.25) is 0 Å². The van der Waals surface area contributed by atoms with Crippen molar-refractivity contribution in [3.8, 4) is 11.5 Å². The highest BCUT2D eigenvalue weighted by atomic mass is 16.5. The lowest BCUT2D eigenvalue weighted by atomic mass is 9.94. The average Bonchev–Trinajstić information content (AvgIpc) is 2.40. The van der Waals surface area contributed by atoms with E-state index in [9.17, 15) is 0 Å². The summed E-state index contributed by atoms with van der Waals surface area (Å²) in [7, 11) is 0. The molecule has 0 bridgehead atoms. The van der Waals surface area contributed by atoms with E-state index in [1.807, 2.05) is 42.5 Å². The highest BCUT2D eigenvalue weighted by Gasteiger charge is 2.08. The van der Waals surface area contributed by atoms with Gasteiger partial charge in [-0.2, -0.15) is 0 Å². The summed E-state index contributed by atoms with van der Waals surface area (Å²) in [4.78, 5) is 0. The zero-order valence-electron chi connectivity index (χ0n) is 11.6. The van der Waals surface area contributed by atoms with Crippen LogP contribution in [-0.4, -0.2) is 0 Å². The van der Waals surface area contributed by atoms with E-state index in [2.05, 4.69) is 32.6 Å². The van der Waals surface area contributed by atoms with Crippen LogP contribution >= 0.6 is 0 Å². The molecule has 0 fully saturated rings. The van der Waals surface area contributed by atoms with Crippen LogP contribution in [0.4, 0.5) is 0 Å². The molecule has 1 heteroatoms. The molecule has 0 amide bonds. The molecule has 0 radical (unpaired) electrons. The van der Waals surface area contributed by atoms with Crippen LogP contribution in [0.2, 0.25) is 0 Å². The van der Waals surface area contributed by atoms with Gasteiger partial charge in [-0.1, -0.05) is 37.3 Å². The van der Waals surface area contributed by atoms with Gasteiger partial charge < -0.3 is 4.74 Å². The van der Waals surface area contributed by atoms with Gasteiger partial charge in [-0.15, -0.1) is 6.58 Å². The quantitative estimate of drug-likeness (QED) is 0.641. The fraction of sp³-hybridized carbons (Fsp3) is 0.222. The van der Waals surface area contributed by atoms with Crippen molar-refractivity contribution in [2.24, 2.45) is 0 Å². The summed E-state index contributed by atoms with van der Waals surface area (Å²) in [6.07, 6.45) is 2.97. The van der Waals surface area contributed by atoms with Crippen molar-refractivity contribution < 1.29 is 4.74 Å². The minimum absolute atomic E-state index is 0.503. The Labute approximate surface area is 115 Å². The van der Waals surface area contributed by atoms with Gasteiger partial charge >= 0.3 is 0 Å². The number of hydrogen-bond acceptors (Lipinski definition) is 1. The maximum absolute atomic E-state index is 5.83. The molecule has 0 N–H and O–H groups in total. The molecule has 0 aliphatic rings. The molecule has 19 heavy (non-hydrogen) atoms. The number of hydrogen-bond donors (Lipinski definition) is 0. The van der Waals surface area contributed by atoms with Crippen LogP contribution in [0.3, 0.4) is 0 Å². The third kappa shape index (κ3) is 3.47. The Kier molecular flexibility index (Phi) is 4.40. The van der Waals surface area contributed by atoms with Crippen molar-refractivity contribution in [2.75, 3.05) is 0 Å². The van der Waals surface area contributed by atoms with Crippen LogP contribution in [0.1, 0.15) is 30.4 Å². The molecule has 1 atom stereocenters. The standard InChI is InChI=1S/C18H20O/c1-4-8-14(2)18-12-11-17(13-15(18)3)19-16-9-6-5-7-10-16/h4-7,9-14H,1,8H2,2-3H3. The molecule has 0 spiro atoms. The number of rotatable bonds is 5. The Morgan fingerprint density at radius 2 is 1.84 bits per heavy atom. The van der Waals surface area contributed by atoms with Crippen LogP contribution in [0, 0.1) is 6.92 Å². The molecule has 0 aliphatic heterocycles. The van der Waals surface area contributed by atoms with Gasteiger partial charge in [-0.25, -0.2) is 0 Å². The van der Waals surface area contributed by atoms with Gasteiger partial charge in [0.05, 0.1) is 0 Å². The van der Waals surface area contributed by atoms with Crippen LogP contribution in [0.25, 0.3) is 0 Å². The minimum atomic E-state index is 0.503. The van der Waals surface area contributed by atoms with Gasteiger partial charge in [0.15, 0.2) is 0 Å². The zero-order valence-corrected chi connectivity index (χ0v) is 11.6. The number of ether oxygens (including phenoxy) is 1. The third-order valence-electron chi connectivity index (χ3n) is 3.27. The second-order valence-corrected chi connectivity index (χ2v) is 4.86. The molecule has 1 unspecified atom stereocenters. The van der Waals surface area contributed by atoms with Gasteiger partial charge in [0.25, 0.3) is 0 Å². The van der Waals surface area contributed by atoms with Crippen LogP contribution in [0.5, 0.6) is 11.5 Å². The first-order valence-electron chi connectivity index (χ1n) is 6.65. The molecular weight excluding hydrogens is 232 g/mol. The molecule has 98 valence electrons. The molecule has 0 aliphatic carbocycles. The number of para-hydroxylation sites is 1. The van der Waals surface area contributed by atoms with Crippen molar-refractivity contribution in [3.63, 3.8) is 0 Å². The van der Waals surface area contributed by atoms with Gasteiger partial charge in [0, 0.05) is 0 Å². The molecule has 0 saturated carbocycles. The van der Waals surface area contributed by atoms with Crippen molar-refractivity contribution in [1.82, 2.24) is 0 Å². The average molecular weight is 252 g/mol. The first-order valence-corrected chi connectivity index (χ1v) is 6.65. The fourth-order valence-electron chi connectivity index (χ4n) is 2.27. The summed E-state index contributed by atoms with van der Waals surface area (Å²) < 4.78 is 5.83. The first-order chi connectivity index (χ1) is 9.20. The van der Waals surface area contributed by atoms with E-state index in [1.165, 1.54) is 11.1 Å². The summed E-state index contributed by atoms with van der Waals surface area (Å²) in [6.45, 7) is 8.16. The van der Waals surface area contributed by atoms with E-state index in [-0.39, 0.29) is 0 Å². The summed E-state index contributed by atoms with van der Waals surface area (Å²) in [6, 6.07) is 16.1. The Bertz CT molecular complexity index is 543. The molecule has 2 aromatic carbocycles. The van der Waals surface area contributed by atoms with E-state index in [4.69, 9.17) is 4.74 Å². The SMILES string of the molecule is C=CCC(C)c1ccc(Oc2ccccc2)cc1C. The van der Waals surface area contributed by atoms with E-state index < -0.39 is 0 Å². The number of allylic oxidation sites excluding steroid dienone is 1. The molecule has 0 heterocycles. The molecule has 2 rings (SSSR count). The number of benzene rings is 2. The minimum Gasteiger partial charge on any atom is -0.457 e. The Morgan fingerprint density at radius 1 is 1.11 bits per heavy atom. The van der Waals surface area contributed by atoms with Gasteiger partial charge in [-0.05, 0) is 54.7 Å². The van der Waals surface area contributed by atoms with E-state index in [1.54, 1.807) is 0 Å². The predicted molar refractivity (Wildman–Crippen MR) is 80.9 cm³/mol. The van der Waals surface area contributed by atoms with Crippen LogP contribution in [0.15, 0.2) is 61.2 Å². The monoisotopic (exact) mass is 252 g/mol. The Morgan fingerprint density at radius 3 is 2.47 bits per heavy atom. The molecule has 0 saturated heterocycles. The lowest BCUT2D eigenvalue weighted by Gasteiger charge is -2.14. The van der Waals surface area contributed by atoms with Crippen molar-refractivity contribution >= 4 is 0 Å². The van der Waals surface area contributed by atoms with E-state index in [0.717, 1.165) is 17.9 Å². The summed E-state index contributed by atoms with van der Waals surface area (Å²) >= 11 is 0. The van der Waals surface area contributed by atoms with Crippen molar-refractivity contribution in [2.45, 2.75) is 26.2 Å². The highest BCUT2D eigenvalue weighted by molar-refractivity contribution is 5.39. The molecule has 0 aromatic heterocycles. The lowest BCUT2D eigenvalue weighted by Crippen LogP contribution is -1.96. The summed E-state index contributed by atoms with van der Waals surface area (Å²) in [5.41, 5.74) is 2.63. The first kappa shape index (κ1) is 13.4. The maximum Gasteiger partial charge on any atom is 0.127 e. The second kappa shape index (κ2) is 6.24. The smallest absolute Gasteiger partial charge is 0.127 e. The topological polar surface area (TPSA) is 9.23 Å². The van der Waals surface area contributed by atoms with E-state index >= 15 is 0 Å². The van der Waals surface area contributed by atoms with Crippen LogP contribution in [-0.2, 0) is 0 Å². The number of aryl methyl sites for hydroxylation is 1. The Balaban J connectivity index is 2.17. The molecular formula is C18H20O. The summed E-state index contributed by atoms with van der Waals surface area (Å²) in [5.74, 6) is 2.26. The Hall–Kier alpha value is -2.02. The lowest BCUT2D eigenvalue weighted by molar-refractivity contribution is 0.482. The fourth-order valence-corrected chi connectivity index (χ4v) is 2.27. The van der Waals surface area contributed by atoms with Crippen LogP contribution < -0.4 is 4.74 Å².